The number of methoxy groups -OCH3 is 1. The number of benzene rings is 1. The van der Waals surface area contributed by atoms with Crippen molar-refractivity contribution in [1.82, 2.24) is 0 Å². The predicted molar refractivity (Wildman–Crippen MR) is 65.1 cm³/mol. The molecule has 1 aromatic rings. The maximum atomic E-state index is 12.4. The summed E-state index contributed by atoms with van der Waals surface area (Å²) >= 11 is 0. The molecule has 1 rings (SSSR count). The van der Waals surface area contributed by atoms with E-state index in [9.17, 15) is 13.9 Å². The quantitative estimate of drug-likeness (QED) is 0.428. The Labute approximate surface area is 109 Å². The molecule has 0 spiro atoms. The van der Waals surface area contributed by atoms with Gasteiger partial charge in [0.1, 0.15) is 11.9 Å². The number of nitrogens with two attached hydrogens (primary N) is 1. The van der Waals surface area contributed by atoms with Gasteiger partial charge in [-0.25, -0.2) is 8.78 Å². The third-order valence-electron chi connectivity index (χ3n) is 2.36. The van der Waals surface area contributed by atoms with Crippen molar-refractivity contribution in [3.8, 4) is 5.75 Å². The van der Waals surface area contributed by atoms with E-state index in [4.69, 9.17) is 19.9 Å². The van der Waals surface area contributed by atoms with Gasteiger partial charge in [0.2, 0.25) is 0 Å². The van der Waals surface area contributed by atoms with E-state index in [-0.39, 0.29) is 18.0 Å². The van der Waals surface area contributed by atoms with Gasteiger partial charge in [-0.05, 0) is 18.2 Å². The Hall–Kier alpha value is -1.44. The number of aliphatic hydroxyl groups is 1. The molecule has 0 amide bonds. The highest BCUT2D eigenvalue weighted by Crippen LogP contribution is 2.29. The van der Waals surface area contributed by atoms with Gasteiger partial charge in [-0.1, -0.05) is 0 Å². The fourth-order valence-electron chi connectivity index (χ4n) is 1.35. The van der Waals surface area contributed by atoms with Gasteiger partial charge in [-0.15, -0.1) is 0 Å². The molecule has 19 heavy (non-hydrogen) atoms. The molecule has 1 atom stereocenters. The van der Waals surface area contributed by atoms with Crippen LogP contribution in [-0.4, -0.2) is 38.6 Å². The zero-order valence-electron chi connectivity index (χ0n) is 10.5. The number of aliphatic hydroxyl groups excluding tert-OH is 1. The Balaban J connectivity index is 2.58. The number of alkyl halides is 2. The summed E-state index contributed by atoms with van der Waals surface area (Å²) in [4.78, 5) is 0. The van der Waals surface area contributed by atoms with Crippen LogP contribution in [0.4, 0.5) is 14.5 Å². The number of hydrogen-bond donors (Lipinski definition) is 2. The molecular weight excluding hydrogens is 260 g/mol. The number of ether oxygens (including phenoxy) is 3. The molecule has 1 aromatic carbocycles. The van der Waals surface area contributed by atoms with Gasteiger partial charge in [0.15, 0.2) is 6.79 Å². The second-order valence-electron chi connectivity index (χ2n) is 3.73. The molecule has 0 bridgehead atoms. The molecule has 0 aliphatic carbocycles. The molecule has 3 N–H and O–H groups in total. The molecule has 1 unspecified atom stereocenters. The summed E-state index contributed by atoms with van der Waals surface area (Å²) in [7, 11) is 1.54. The average molecular weight is 277 g/mol. The lowest BCUT2D eigenvalue weighted by molar-refractivity contribution is -0.0107. The normalized spacial score (nSPS) is 12.7. The molecule has 0 fully saturated rings. The molecule has 0 aliphatic rings. The van der Waals surface area contributed by atoms with E-state index in [1.807, 2.05) is 0 Å². The van der Waals surface area contributed by atoms with Crippen LogP contribution in [0.2, 0.25) is 0 Å². The van der Waals surface area contributed by atoms with Gasteiger partial charge in [-0.3, -0.25) is 0 Å². The van der Waals surface area contributed by atoms with Crippen LogP contribution in [0.5, 0.6) is 5.75 Å². The number of anilines is 1. The molecule has 0 saturated carbocycles. The number of nitrogen functional groups attached to an aromatic ring is 1. The Bertz CT molecular complexity index is 390. The average Bonchev–Trinajstić information content (AvgIpc) is 2.39. The summed E-state index contributed by atoms with van der Waals surface area (Å²) in [5.74, 6) is 0.293. The van der Waals surface area contributed by atoms with Crippen molar-refractivity contribution in [3.63, 3.8) is 0 Å². The van der Waals surface area contributed by atoms with E-state index < -0.39 is 12.5 Å². The zero-order chi connectivity index (χ0) is 14.3. The molecule has 108 valence electrons. The molecule has 0 aromatic heterocycles. The Morgan fingerprint density at radius 2 is 2.05 bits per heavy atom. The Morgan fingerprint density at radius 3 is 2.68 bits per heavy atom. The first-order chi connectivity index (χ1) is 9.06. The van der Waals surface area contributed by atoms with Crippen molar-refractivity contribution in [3.05, 3.63) is 23.8 Å². The van der Waals surface area contributed by atoms with Gasteiger partial charge in [0, 0.05) is 18.4 Å². The Kier molecular flexibility index (Phi) is 6.48. The topological polar surface area (TPSA) is 73.9 Å². The van der Waals surface area contributed by atoms with Crippen molar-refractivity contribution >= 4 is 5.69 Å². The SMILES string of the molecule is COCCOCOc1ccc(N)c(C(O)C(F)F)c1. The van der Waals surface area contributed by atoms with Crippen molar-refractivity contribution in [2.24, 2.45) is 0 Å². The van der Waals surface area contributed by atoms with E-state index in [2.05, 4.69) is 0 Å². The van der Waals surface area contributed by atoms with Crippen LogP contribution in [-0.2, 0) is 9.47 Å². The van der Waals surface area contributed by atoms with Gasteiger partial charge >= 0.3 is 0 Å². The van der Waals surface area contributed by atoms with Gasteiger partial charge in [0.25, 0.3) is 6.43 Å². The highest BCUT2D eigenvalue weighted by Gasteiger charge is 2.21. The monoisotopic (exact) mass is 277 g/mol. The van der Waals surface area contributed by atoms with E-state index >= 15 is 0 Å². The van der Waals surface area contributed by atoms with E-state index in [0.717, 1.165) is 0 Å². The fraction of sp³-hybridized carbons (Fsp3) is 0.500. The van der Waals surface area contributed by atoms with Gasteiger partial charge in [0.05, 0.1) is 13.2 Å². The highest BCUT2D eigenvalue weighted by atomic mass is 19.3. The molecule has 5 nitrogen and oxygen atoms in total. The van der Waals surface area contributed by atoms with E-state index in [1.165, 1.54) is 18.2 Å². The lowest BCUT2D eigenvalue weighted by Gasteiger charge is -2.14. The molecular formula is C12H17F2NO4. The minimum atomic E-state index is -2.91. The highest BCUT2D eigenvalue weighted by molar-refractivity contribution is 5.51. The maximum Gasteiger partial charge on any atom is 0.268 e. The standard InChI is InChI=1S/C12H17F2NO4/c1-17-4-5-18-7-19-8-2-3-10(15)9(6-8)11(16)12(13)14/h2-3,6,11-12,16H,4-5,7,15H2,1H3. The van der Waals surface area contributed by atoms with Crippen molar-refractivity contribution in [2.75, 3.05) is 32.9 Å². The third-order valence-corrected chi connectivity index (χ3v) is 2.36. The summed E-state index contributed by atoms with van der Waals surface area (Å²) < 4.78 is 39.9. The zero-order valence-corrected chi connectivity index (χ0v) is 10.5. The van der Waals surface area contributed by atoms with Crippen LogP contribution in [0.15, 0.2) is 18.2 Å². The van der Waals surface area contributed by atoms with Crippen LogP contribution >= 0.6 is 0 Å². The van der Waals surface area contributed by atoms with Crippen LogP contribution < -0.4 is 10.5 Å². The smallest absolute Gasteiger partial charge is 0.268 e. The first kappa shape index (κ1) is 15.6. The van der Waals surface area contributed by atoms with Crippen LogP contribution in [0.25, 0.3) is 0 Å². The van der Waals surface area contributed by atoms with Gasteiger partial charge < -0.3 is 25.1 Å². The van der Waals surface area contributed by atoms with Gasteiger partial charge in [-0.2, -0.15) is 0 Å². The first-order valence-electron chi connectivity index (χ1n) is 5.61. The number of rotatable bonds is 8. The van der Waals surface area contributed by atoms with E-state index in [0.29, 0.717) is 19.0 Å². The lowest BCUT2D eigenvalue weighted by Crippen LogP contribution is -2.12. The first-order valence-corrected chi connectivity index (χ1v) is 5.61. The molecule has 0 saturated heterocycles. The van der Waals surface area contributed by atoms with Crippen molar-refractivity contribution in [1.29, 1.82) is 0 Å². The minimum absolute atomic E-state index is 0.0442. The Morgan fingerprint density at radius 1 is 1.32 bits per heavy atom. The third kappa shape index (κ3) is 4.98. The molecule has 0 aliphatic heterocycles. The fourth-order valence-corrected chi connectivity index (χ4v) is 1.35. The number of halogens is 2. The molecule has 0 heterocycles. The van der Waals surface area contributed by atoms with Crippen LogP contribution in [0.1, 0.15) is 11.7 Å². The number of hydrogen-bond acceptors (Lipinski definition) is 5. The predicted octanol–water partition coefficient (Wildman–Crippen LogP) is 1.57. The maximum absolute atomic E-state index is 12.4. The lowest BCUT2D eigenvalue weighted by atomic mass is 10.1. The van der Waals surface area contributed by atoms with Crippen molar-refractivity contribution in [2.45, 2.75) is 12.5 Å². The largest absolute Gasteiger partial charge is 0.468 e. The summed E-state index contributed by atoms with van der Waals surface area (Å²) in [6.45, 7) is 0.746. The second kappa shape index (κ2) is 7.88. The summed E-state index contributed by atoms with van der Waals surface area (Å²) in [6, 6.07) is 4.17. The molecule has 0 radical (unpaired) electrons. The summed E-state index contributed by atoms with van der Waals surface area (Å²) in [6.07, 6.45) is -4.84. The summed E-state index contributed by atoms with van der Waals surface area (Å²) in [5, 5.41) is 9.31. The summed E-state index contributed by atoms with van der Waals surface area (Å²) in [5.41, 5.74) is 5.54. The minimum Gasteiger partial charge on any atom is -0.468 e. The van der Waals surface area contributed by atoms with E-state index in [1.54, 1.807) is 7.11 Å². The van der Waals surface area contributed by atoms with Crippen molar-refractivity contribution < 1.29 is 28.1 Å². The van der Waals surface area contributed by atoms with Crippen LogP contribution in [0, 0.1) is 0 Å². The molecule has 7 heteroatoms. The second-order valence-corrected chi connectivity index (χ2v) is 3.73. The van der Waals surface area contributed by atoms with Crippen LogP contribution in [0.3, 0.4) is 0 Å².